The number of benzene rings is 2. The lowest BCUT2D eigenvalue weighted by Gasteiger charge is -2.23. The van der Waals surface area contributed by atoms with E-state index >= 15 is 0 Å². The summed E-state index contributed by atoms with van der Waals surface area (Å²) in [5.74, 6) is -0.847. The van der Waals surface area contributed by atoms with Crippen molar-refractivity contribution in [3.8, 4) is 0 Å². The molecule has 0 saturated heterocycles. The summed E-state index contributed by atoms with van der Waals surface area (Å²) in [4.78, 5) is 11.8. The summed E-state index contributed by atoms with van der Waals surface area (Å²) in [6.45, 7) is -1.22. The molecule has 1 atom stereocenters. The number of alkyl halides is 1. The van der Waals surface area contributed by atoms with Crippen LogP contribution in [0.15, 0.2) is 53.7 Å². The van der Waals surface area contributed by atoms with Crippen molar-refractivity contribution >= 4 is 40.7 Å². The number of nitrogens with zero attached hydrogens (tertiary/aromatic N) is 2. The normalized spacial score (nSPS) is 14.3. The van der Waals surface area contributed by atoms with E-state index in [-0.39, 0.29) is 11.4 Å². The van der Waals surface area contributed by atoms with E-state index in [9.17, 15) is 14.4 Å². The molecule has 0 radical (unpaired) electrons. The first-order chi connectivity index (χ1) is 10.9. The lowest BCUT2D eigenvalue weighted by Crippen LogP contribution is -2.43. The molecular weight excluding hydrogens is 342 g/mol. The van der Waals surface area contributed by atoms with Gasteiger partial charge in [0.15, 0.2) is 17.5 Å². The summed E-state index contributed by atoms with van der Waals surface area (Å²) < 4.78 is 12.0. The van der Waals surface area contributed by atoms with Gasteiger partial charge in [-0.1, -0.05) is 47.1 Å². The Morgan fingerprint density at radius 1 is 1.26 bits per heavy atom. The van der Waals surface area contributed by atoms with Crippen molar-refractivity contribution in [1.29, 1.82) is 0 Å². The third-order valence-corrected chi connectivity index (χ3v) is 4.00. The third kappa shape index (κ3) is 3.52. The predicted molar refractivity (Wildman–Crippen MR) is 89.9 cm³/mol. The SMILES string of the molecule is C[N+](Cl)(C(=O)CF)c1ccc(Cl)cc1C(=NO)c1ccccc1. The Kier molecular flexibility index (Phi) is 5.36. The van der Waals surface area contributed by atoms with Crippen LogP contribution in [0.1, 0.15) is 11.1 Å². The smallest absolute Gasteiger partial charge is 0.367 e. The second-order valence-corrected chi connectivity index (χ2v) is 6.01. The lowest BCUT2D eigenvalue weighted by atomic mass is 10.00. The highest BCUT2D eigenvalue weighted by Crippen LogP contribution is 2.33. The third-order valence-electron chi connectivity index (χ3n) is 3.40. The Balaban J connectivity index is 2.67. The molecule has 0 spiro atoms. The first-order valence-electron chi connectivity index (χ1n) is 6.65. The molecule has 7 heteroatoms. The van der Waals surface area contributed by atoms with Crippen LogP contribution in [0, 0.1) is 0 Å². The van der Waals surface area contributed by atoms with Crippen LogP contribution in [0.3, 0.4) is 0 Å². The number of rotatable bonds is 4. The minimum Gasteiger partial charge on any atom is -0.410 e. The molecule has 0 heterocycles. The van der Waals surface area contributed by atoms with E-state index in [1.165, 1.54) is 25.2 Å². The summed E-state index contributed by atoms with van der Waals surface area (Å²) in [5.41, 5.74) is 1.38. The van der Waals surface area contributed by atoms with Gasteiger partial charge in [-0.3, -0.25) is 0 Å². The van der Waals surface area contributed by atoms with Gasteiger partial charge in [0, 0.05) is 16.7 Å². The monoisotopic (exact) mass is 355 g/mol. The molecule has 4 nitrogen and oxygen atoms in total. The highest BCUT2D eigenvalue weighted by molar-refractivity contribution is 6.34. The Morgan fingerprint density at radius 2 is 1.91 bits per heavy atom. The first kappa shape index (κ1) is 17.4. The van der Waals surface area contributed by atoms with Crippen molar-refractivity contribution in [3.63, 3.8) is 0 Å². The molecule has 2 aromatic carbocycles. The van der Waals surface area contributed by atoms with Gasteiger partial charge in [0.05, 0.1) is 12.6 Å². The van der Waals surface area contributed by atoms with Crippen molar-refractivity contribution in [1.82, 2.24) is 4.00 Å². The molecule has 0 bridgehead atoms. The molecule has 2 aromatic rings. The lowest BCUT2D eigenvalue weighted by molar-refractivity contribution is -0.126. The van der Waals surface area contributed by atoms with Crippen molar-refractivity contribution in [2.45, 2.75) is 0 Å². The van der Waals surface area contributed by atoms with Gasteiger partial charge in [-0.05, 0) is 12.1 Å². The number of carbonyl (C=O) groups is 1. The number of hydrogen-bond acceptors (Lipinski definition) is 3. The van der Waals surface area contributed by atoms with Gasteiger partial charge in [-0.15, -0.1) is 4.00 Å². The summed E-state index contributed by atoms with van der Waals surface area (Å²) >= 11 is 12.2. The zero-order valence-corrected chi connectivity index (χ0v) is 13.7. The molecule has 0 saturated carbocycles. The molecule has 0 fully saturated rings. The number of oxime groups is 1. The standard InChI is InChI=1S/C16H13Cl2FN2O2/c1-21(18,15(22)10-19)14-8-7-12(17)9-13(14)16(20-23)11-5-3-2-4-6-11/h2-9H,10H2,1H3/p+1. The molecule has 1 unspecified atom stereocenters. The Morgan fingerprint density at radius 3 is 2.48 bits per heavy atom. The number of amides is 1. The van der Waals surface area contributed by atoms with Crippen molar-refractivity contribution in [2.75, 3.05) is 13.7 Å². The van der Waals surface area contributed by atoms with Crippen molar-refractivity contribution in [3.05, 3.63) is 64.7 Å². The fourth-order valence-electron chi connectivity index (χ4n) is 2.17. The minimum atomic E-state index is -1.22. The van der Waals surface area contributed by atoms with Gasteiger partial charge in [-0.25, -0.2) is 9.18 Å². The average molecular weight is 356 g/mol. The van der Waals surface area contributed by atoms with E-state index in [4.69, 9.17) is 23.4 Å². The van der Waals surface area contributed by atoms with Gasteiger partial charge in [-0.2, -0.15) is 0 Å². The highest BCUT2D eigenvalue weighted by Gasteiger charge is 2.37. The molecule has 0 aliphatic heterocycles. The van der Waals surface area contributed by atoms with E-state index in [2.05, 4.69) is 5.16 Å². The van der Waals surface area contributed by atoms with Crippen LogP contribution in [0.2, 0.25) is 5.02 Å². The molecule has 1 amide bonds. The number of hydrogen-bond donors (Lipinski definition) is 1. The molecule has 120 valence electrons. The van der Waals surface area contributed by atoms with Crippen LogP contribution in [0.4, 0.5) is 10.1 Å². The number of halogens is 3. The quantitative estimate of drug-likeness (QED) is 0.387. The molecule has 2 rings (SSSR count). The Labute approximate surface area is 143 Å². The van der Waals surface area contributed by atoms with Crippen molar-refractivity contribution in [2.24, 2.45) is 5.16 Å². The van der Waals surface area contributed by atoms with Crippen LogP contribution in [0.5, 0.6) is 0 Å². The second-order valence-electron chi connectivity index (χ2n) is 4.90. The largest absolute Gasteiger partial charge is 0.410 e. The van der Waals surface area contributed by atoms with Gasteiger partial charge >= 0.3 is 5.91 Å². The maximum Gasteiger partial charge on any atom is 0.367 e. The minimum absolute atomic E-state index is 0.180. The average Bonchev–Trinajstić information content (AvgIpc) is 2.55. The zero-order chi connectivity index (χ0) is 17.0. The summed E-state index contributed by atoms with van der Waals surface area (Å²) in [5, 5.41) is 13.1. The summed E-state index contributed by atoms with van der Waals surface area (Å²) in [6, 6.07) is 13.4. The molecule has 0 aromatic heterocycles. The maximum atomic E-state index is 12.8. The van der Waals surface area contributed by atoms with Crippen LogP contribution >= 0.6 is 23.4 Å². The predicted octanol–water partition coefficient (Wildman–Crippen LogP) is 4.15. The molecule has 0 aliphatic carbocycles. The first-order valence-corrected chi connectivity index (χ1v) is 7.37. The van der Waals surface area contributed by atoms with E-state index in [0.29, 0.717) is 16.1 Å². The van der Waals surface area contributed by atoms with Crippen LogP contribution in [0.25, 0.3) is 0 Å². The number of quaternary nitrogens is 1. The van der Waals surface area contributed by atoms with Gasteiger partial charge in [0.2, 0.25) is 6.67 Å². The van der Waals surface area contributed by atoms with E-state index in [1.807, 2.05) is 6.07 Å². The van der Waals surface area contributed by atoms with Gasteiger partial charge in [0.25, 0.3) is 0 Å². The van der Waals surface area contributed by atoms with E-state index < -0.39 is 16.6 Å². The summed E-state index contributed by atoms with van der Waals surface area (Å²) in [6.07, 6.45) is 0. The van der Waals surface area contributed by atoms with E-state index in [0.717, 1.165) is 0 Å². The van der Waals surface area contributed by atoms with Crippen LogP contribution < -0.4 is 4.00 Å². The van der Waals surface area contributed by atoms with Gasteiger partial charge in [0.1, 0.15) is 5.71 Å². The maximum absolute atomic E-state index is 12.8. The Bertz CT molecular complexity index is 749. The van der Waals surface area contributed by atoms with Gasteiger partial charge < -0.3 is 5.21 Å². The molecular formula is C16H14Cl2FN2O2+. The number of carbonyl (C=O) groups excluding carboxylic acids is 1. The van der Waals surface area contributed by atoms with Crippen LogP contribution in [-0.2, 0) is 4.79 Å². The molecule has 1 N–H and O–H groups in total. The molecule has 0 aliphatic rings. The van der Waals surface area contributed by atoms with Crippen molar-refractivity contribution < 1.29 is 14.4 Å². The molecule has 23 heavy (non-hydrogen) atoms. The fraction of sp³-hybridized carbons (Fsp3) is 0.125. The Hall–Kier alpha value is -1.95. The fourth-order valence-corrected chi connectivity index (χ4v) is 2.54. The highest BCUT2D eigenvalue weighted by atomic mass is 35.5. The zero-order valence-electron chi connectivity index (χ0n) is 12.2. The van der Waals surface area contributed by atoms with Crippen LogP contribution in [-0.4, -0.2) is 30.5 Å². The second kappa shape index (κ2) is 7.08. The topological polar surface area (TPSA) is 49.7 Å². The summed E-state index contributed by atoms with van der Waals surface area (Å²) in [7, 11) is 1.34. The van der Waals surface area contributed by atoms with E-state index in [1.54, 1.807) is 24.3 Å².